The maximum absolute atomic E-state index is 5.70. The third kappa shape index (κ3) is 3.33. The van der Waals surface area contributed by atoms with Gasteiger partial charge in [0.05, 0.1) is 4.05 Å². The molecular weight excluding hydrogens is 310 g/mol. The Balaban J connectivity index is 2.85. The fraction of sp³-hybridized carbons (Fsp3) is 0.286. The van der Waals surface area contributed by atoms with Crippen molar-refractivity contribution >= 4 is 51.5 Å². The number of halogens is 3. The number of anilines is 1. The van der Waals surface area contributed by atoms with Crippen LogP contribution < -0.4 is 5.32 Å². The average molecular weight is 317 g/mol. The normalized spacial score (nSPS) is 12.7. The van der Waals surface area contributed by atoms with E-state index in [2.05, 4.69) is 32.9 Å². The minimum Gasteiger partial charge on any atom is -0.373 e. The summed E-state index contributed by atoms with van der Waals surface area (Å²) < 4.78 is 0.331. The number of hydrogen-bond acceptors (Lipinski definition) is 2. The van der Waals surface area contributed by atoms with Gasteiger partial charge in [-0.05, 0) is 19.1 Å². The van der Waals surface area contributed by atoms with Crippen LogP contribution in [0.3, 0.4) is 0 Å². The van der Waals surface area contributed by atoms with Crippen LogP contribution in [0.25, 0.3) is 0 Å². The van der Waals surface area contributed by atoms with Gasteiger partial charge in [-0.15, -0.1) is 0 Å². The molecule has 5 heteroatoms. The summed E-state index contributed by atoms with van der Waals surface area (Å²) in [7, 11) is 0. The van der Waals surface area contributed by atoms with E-state index in [0.717, 1.165) is 5.69 Å². The summed E-state index contributed by atoms with van der Waals surface area (Å²) in [5.41, 5.74) is 0.891. The van der Waals surface area contributed by atoms with E-state index in [9.17, 15) is 0 Å². The minimum absolute atomic E-state index is 0.331. The van der Waals surface area contributed by atoms with Crippen LogP contribution in [0.15, 0.2) is 12.1 Å². The second kappa shape index (κ2) is 4.48. The highest BCUT2D eigenvalue weighted by Gasteiger charge is 2.00. The number of pyridine rings is 1. The highest BCUT2D eigenvalue weighted by Crippen LogP contribution is 2.19. The minimum atomic E-state index is 0.331. The number of rotatable bonds is 2. The van der Waals surface area contributed by atoms with Crippen LogP contribution in [-0.4, -0.2) is 9.03 Å². The fourth-order valence-corrected chi connectivity index (χ4v) is 1.60. The first-order valence-corrected chi connectivity index (χ1v) is 5.32. The summed E-state index contributed by atoms with van der Waals surface area (Å²) >= 11 is 13.6. The molecule has 0 saturated carbocycles. The van der Waals surface area contributed by atoms with Crippen molar-refractivity contribution in [3.05, 3.63) is 22.4 Å². The van der Waals surface area contributed by atoms with Gasteiger partial charge in [-0.3, -0.25) is 0 Å². The first-order valence-electron chi connectivity index (χ1n) is 3.31. The first kappa shape index (κ1) is 10.3. The first-order chi connectivity index (χ1) is 5.58. The standard InChI is InChI=1S/C7H7Cl2IN2/c1-4(10)11-5-2-6(8)12-7(9)3-5/h2-4H,1H3,(H,11,12). The van der Waals surface area contributed by atoms with E-state index >= 15 is 0 Å². The molecule has 0 aliphatic heterocycles. The van der Waals surface area contributed by atoms with Crippen LogP contribution in [0.1, 0.15) is 6.92 Å². The van der Waals surface area contributed by atoms with Gasteiger partial charge in [-0.1, -0.05) is 45.8 Å². The van der Waals surface area contributed by atoms with Gasteiger partial charge >= 0.3 is 0 Å². The van der Waals surface area contributed by atoms with E-state index < -0.39 is 0 Å². The Morgan fingerprint density at radius 2 is 1.92 bits per heavy atom. The van der Waals surface area contributed by atoms with Gasteiger partial charge in [0.2, 0.25) is 0 Å². The largest absolute Gasteiger partial charge is 0.373 e. The van der Waals surface area contributed by atoms with Gasteiger partial charge in [0.25, 0.3) is 0 Å². The zero-order valence-corrected chi connectivity index (χ0v) is 9.98. The van der Waals surface area contributed by atoms with Crippen LogP contribution in [-0.2, 0) is 0 Å². The Morgan fingerprint density at radius 1 is 1.42 bits per heavy atom. The van der Waals surface area contributed by atoms with Gasteiger partial charge < -0.3 is 5.32 Å². The predicted octanol–water partition coefficient (Wildman–Crippen LogP) is 3.58. The van der Waals surface area contributed by atoms with Crippen LogP contribution in [0, 0.1) is 0 Å². The molecule has 0 radical (unpaired) electrons. The van der Waals surface area contributed by atoms with Crippen LogP contribution in [0.4, 0.5) is 5.69 Å². The van der Waals surface area contributed by atoms with Crippen LogP contribution >= 0.6 is 45.8 Å². The molecule has 1 rings (SSSR count). The van der Waals surface area contributed by atoms with Gasteiger partial charge in [0, 0.05) is 5.69 Å². The Morgan fingerprint density at radius 3 is 2.33 bits per heavy atom. The van der Waals surface area contributed by atoms with E-state index in [4.69, 9.17) is 23.2 Å². The molecule has 1 N–H and O–H groups in total. The van der Waals surface area contributed by atoms with Gasteiger partial charge in [-0.2, -0.15) is 0 Å². The van der Waals surface area contributed by atoms with E-state index in [1.165, 1.54) is 0 Å². The maximum Gasteiger partial charge on any atom is 0.132 e. The molecule has 2 nitrogen and oxygen atoms in total. The summed E-state index contributed by atoms with van der Waals surface area (Å²) in [6, 6.07) is 3.48. The molecular formula is C7H7Cl2IN2. The molecule has 1 aromatic rings. The van der Waals surface area contributed by atoms with Gasteiger partial charge in [-0.25, -0.2) is 4.98 Å². The molecule has 1 unspecified atom stereocenters. The summed E-state index contributed by atoms with van der Waals surface area (Å²) in [5.74, 6) is 0. The third-order valence-electron chi connectivity index (χ3n) is 1.13. The summed E-state index contributed by atoms with van der Waals surface area (Å²) in [6.45, 7) is 2.03. The highest BCUT2D eigenvalue weighted by atomic mass is 127. The molecule has 0 saturated heterocycles. The zero-order valence-electron chi connectivity index (χ0n) is 6.31. The molecule has 0 aliphatic carbocycles. The van der Waals surface area contributed by atoms with E-state index in [0.29, 0.717) is 14.4 Å². The number of alkyl halides is 1. The zero-order chi connectivity index (χ0) is 9.14. The lowest BCUT2D eigenvalue weighted by Crippen LogP contribution is -2.05. The summed E-state index contributed by atoms with van der Waals surface area (Å²) in [5, 5.41) is 3.97. The number of hydrogen-bond donors (Lipinski definition) is 1. The van der Waals surface area contributed by atoms with E-state index in [1.807, 2.05) is 6.92 Å². The number of nitrogens with one attached hydrogen (secondary N) is 1. The second-order valence-electron chi connectivity index (χ2n) is 2.26. The number of aromatic nitrogens is 1. The molecule has 0 aromatic carbocycles. The second-order valence-corrected chi connectivity index (χ2v) is 4.90. The molecule has 1 aromatic heterocycles. The molecule has 1 heterocycles. The Hall–Kier alpha value is 0.260. The molecule has 66 valence electrons. The molecule has 0 spiro atoms. The lowest BCUT2D eigenvalue weighted by molar-refractivity contribution is 1.16. The van der Waals surface area contributed by atoms with Crippen LogP contribution in [0.2, 0.25) is 10.3 Å². The van der Waals surface area contributed by atoms with Crippen LogP contribution in [0.5, 0.6) is 0 Å². The van der Waals surface area contributed by atoms with Crippen molar-refractivity contribution in [2.75, 3.05) is 5.32 Å². The lowest BCUT2D eigenvalue weighted by atomic mass is 10.4. The Labute approximate surface area is 94.8 Å². The predicted molar refractivity (Wildman–Crippen MR) is 61.4 cm³/mol. The van der Waals surface area contributed by atoms with Crippen molar-refractivity contribution in [1.82, 2.24) is 4.98 Å². The fourth-order valence-electron chi connectivity index (χ4n) is 0.778. The van der Waals surface area contributed by atoms with Crippen molar-refractivity contribution in [2.45, 2.75) is 11.0 Å². The third-order valence-corrected chi connectivity index (χ3v) is 1.83. The topological polar surface area (TPSA) is 24.9 Å². The monoisotopic (exact) mass is 316 g/mol. The summed E-state index contributed by atoms with van der Waals surface area (Å²) in [4.78, 5) is 3.83. The Bertz CT molecular complexity index is 258. The SMILES string of the molecule is CC(I)Nc1cc(Cl)nc(Cl)c1. The van der Waals surface area contributed by atoms with E-state index in [1.54, 1.807) is 12.1 Å². The van der Waals surface area contributed by atoms with Crippen molar-refractivity contribution < 1.29 is 0 Å². The van der Waals surface area contributed by atoms with E-state index in [-0.39, 0.29) is 0 Å². The number of nitrogens with zero attached hydrogens (tertiary/aromatic N) is 1. The van der Waals surface area contributed by atoms with Gasteiger partial charge in [0.1, 0.15) is 10.3 Å². The van der Waals surface area contributed by atoms with Crippen molar-refractivity contribution in [3.8, 4) is 0 Å². The molecule has 0 aliphatic rings. The van der Waals surface area contributed by atoms with Gasteiger partial charge in [0.15, 0.2) is 0 Å². The average Bonchev–Trinajstić information content (AvgIpc) is 1.81. The quantitative estimate of drug-likeness (QED) is 0.390. The maximum atomic E-state index is 5.70. The summed E-state index contributed by atoms with van der Waals surface area (Å²) in [6.07, 6.45) is 0. The molecule has 0 bridgehead atoms. The Kier molecular flexibility index (Phi) is 3.86. The molecule has 1 atom stereocenters. The highest BCUT2D eigenvalue weighted by molar-refractivity contribution is 14.1. The van der Waals surface area contributed by atoms with Crippen molar-refractivity contribution in [1.29, 1.82) is 0 Å². The molecule has 0 fully saturated rings. The lowest BCUT2D eigenvalue weighted by Gasteiger charge is -2.08. The molecule has 0 amide bonds. The smallest absolute Gasteiger partial charge is 0.132 e. The van der Waals surface area contributed by atoms with Crippen molar-refractivity contribution in [2.24, 2.45) is 0 Å². The molecule has 12 heavy (non-hydrogen) atoms. The van der Waals surface area contributed by atoms with Crippen molar-refractivity contribution in [3.63, 3.8) is 0 Å².